The first-order chi connectivity index (χ1) is 8.68. The summed E-state index contributed by atoms with van der Waals surface area (Å²) in [6.45, 7) is 0.925. The van der Waals surface area contributed by atoms with E-state index in [0.29, 0.717) is 25.2 Å². The molecule has 96 valence electrons. The Kier molecular flexibility index (Phi) is 3.94. The fourth-order valence-electron chi connectivity index (χ4n) is 1.93. The van der Waals surface area contributed by atoms with Gasteiger partial charge in [-0.2, -0.15) is 0 Å². The van der Waals surface area contributed by atoms with E-state index in [1.165, 1.54) is 0 Å². The number of nitrogens with one attached hydrogen (secondary N) is 1. The Balaban J connectivity index is 2.07. The SMILES string of the molecule is O=C(N[C@@H](C(=O)O)c1ccccc1)[C@H]1CCOC1. The molecule has 0 unspecified atom stereocenters. The lowest BCUT2D eigenvalue weighted by atomic mass is 10.0. The summed E-state index contributed by atoms with van der Waals surface area (Å²) in [7, 11) is 0. The minimum atomic E-state index is -1.06. The molecule has 5 nitrogen and oxygen atoms in total. The van der Waals surface area contributed by atoms with Crippen LogP contribution >= 0.6 is 0 Å². The van der Waals surface area contributed by atoms with E-state index in [-0.39, 0.29) is 11.8 Å². The van der Waals surface area contributed by atoms with Crippen LogP contribution in [0.2, 0.25) is 0 Å². The molecule has 1 aromatic rings. The monoisotopic (exact) mass is 249 g/mol. The molecule has 18 heavy (non-hydrogen) atoms. The summed E-state index contributed by atoms with van der Waals surface area (Å²) in [5, 5.41) is 11.7. The summed E-state index contributed by atoms with van der Waals surface area (Å²) in [5.74, 6) is -1.56. The second-order valence-corrected chi connectivity index (χ2v) is 4.25. The molecule has 0 radical (unpaired) electrons. The van der Waals surface area contributed by atoms with Crippen LogP contribution in [-0.4, -0.2) is 30.2 Å². The molecule has 2 N–H and O–H groups in total. The van der Waals surface area contributed by atoms with Gasteiger partial charge in [-0.1, -0.05) is 30.3 Å². The second kappa shape index (κ2) is 5.64. The van der Waals surface area contributed by atoms with Gasteiger partial charge in [0.05, 0.1) is 12.5 Å². The van der Waals surface area contributed by atoms with E-state index in [0.717, 1.165) is 0 Å². The molecule has 0 saturated carbocycles. The van der Waals surface area contributed by atoms with Crippen molar-refractivity contribution in [2.45, 2.75) is 12.5 Å². The van der Waals surface area contributed by atoms with Crippen molar-refractivity contribution in [1.82, 2.24) is 5.32 Å². The van der Waals surface area contributed by atoms with Crippen molar-refractivity contribution in [3.8, 4) is 0 Å². The number of amides is 1. The maximum atomic E-state index is 11.9. The van der Waals surface area contributed by atoms with Gasteiger partial charge in [0.15, 0.2) is 6.04 Å². The maximum absolute atomic E-state index is 11.9. The molecule has 0 bridgehead atoms. The quantitative estimate of drug-likeness (QED) is 0.833. The van der Waals surface area contributed by atoms with Crippen LogP contribution in [0, 0.1) is 5.92 Å². The number of hydrogen-bond donors (Lipinski definition) is 2. The van der Waals surface area contributed by atoms with Crippen LogP contribution in [0.25, 0.3) is 0 Å². The number of rotatable bonds is 4. The highest BCUT2D eigenvalue weighted by Gasteiger charge is 2.28. The summed E-state index contributed by atoms with van der Waals surface area (Å²) in [6, 6.07) is 7.66. The number of benzene rings is 1. The Labute approximate surface area is 105 Å². The molecule has 1 amide bonds. The molecule has 0 spiro atoms. The Morgan fingerprint density at radius 2 is 2.06 bits per heavy atom. The minimum absolute atomic E-state index is 0.240. The van der Waals surface area contributed by atoms with E-state index in [9.17, 15) is 14.7 Å². The standard InChI is InChI=1S/C13H15NO4/c15-12(10-6-7-18-8-10)14-11(13(16)17)9-4-2-1-3-5-9/h1-5,10-11H,6-8H2,(H,14,15)(H,16,17)/t10-,11+/m0/s1. The van der Waals surface area contributed by atoms with Crippen molar-refractivity contribution in [2.75, 3.05) is 13.2 Å². The van der Waals surface area contributed by atoms with Crippen molar-refractivity contribution < 1.29 is 19.4 Å². The molecule has 1 aliphatic heterocycles. The molecule has 1 aromatic carbocycles. The average molecular weight is 249 g/mol. The summed E-state index contributed by atoms with van der Waals surface area (Å²) < 4.78 is 5.12. The lowest BCUT2D eigenvalue weighted by Gasteiger charge is -2.17. The van der Waals surface area contributed by atoms with Crippen molar-refractivity contribution in [3.05, 3.63) is 35.9 Å². The molecule has 2 rings (SSSR count). The smallest absolute Gasteiger partial charge is 0.330 e. The lowest BCUT2D eigenvalue weighted by Crippen LogP contribution is -2.37. The number of carboxylic acids is 1. The van der Waals surface area contributed by atoms with Crippen molar-refractivity contribution in [2.24, 2.45) is 5.92 Å². The molecule has 5 heteroatoms. The van der Waals surface area contributed by atoms with E-state index in [1.807, 2.05) is 0 Å². The molecular formula is C13H15NO4. The van der Waals surface area contributed by atoms with E-state index < -0.39 is 12.0 Å². The molecule has 1 saturated heterocycles. The predicted octanol–water partition coefficient (Wildman–Crippen LogP) is 0.965. The van der Waals surface area contributed by atoms with Crippen molar-refractivity contribution in [1.29, 1.82) is 0 Å². The van der Waals surface area contributed by atoms with Crippen LogP contribution in [0.1, 0.15) is 18.0 Å². The third-order valence-electron chi connectivity index (χ3n) is 2.97. The Morgan fingerprint density at radius 3 is 2.61 bits per heavy atom. The average Bonchev–Trinajstić information content (AvgIpc) is 2.90. The third kappa shape index (κ3) is 2.87. The second-order valence-electron chi connectivity index (χ2n) is 4.25. The first-order valence-corrected chi connectivity index (χ1v) is 5.84. The molecular weight excluding hydrogens is 234 g/mol. The van der Waals surface area contributed by atoms with Gasteiger partial charge in [-0.25, -0.2) is 4.79 Å². The lowest BCUT2D eigenvalue weighted by molar-refractivity contribution is -0.142. The maximum Gasteiger partial charge on any atom is 0.330 e. The van der Waals surface area contributed by atoms with Gasteiger partial charge in [-0.3, -0.25) is 4.79 Å². The van der Waals surface area contributed by atoms with Crippen LogP contribution in [0.5, 0.6) is 0 Å². The van der Waals surface area contributed by atoms with Crippen LogP contribution in [0.3, 0.4) is 0 Å². The molecule has 2 atom stereocenters. The highest BCUT2D eigenvalue weighted by atomic mass is 16.5. The minimum Gasteiger partial charge on any atom is -0.479 e. The number of carbonyl (C=O) groups is 2. The molecule has 1 fully saturated rings. The molecule has 0 aliphatic carbocycles. The zero-order valence-electron chi connectivity index (χ0n) is 9.83. The van der Waals surface area contributed by atoms with E-state index in [4.69, 9.17) is 4.74 Å². The van der Waals surface area contributed by atoms with E-state index >= 15 is 0 Å². The Morgan fingerprint density at radius 1 is 1.33 bits per heavy atom. The topological polar surface area (TPSA) is 75.6 Å². The van der Waals surface area contributed by atoms with Gasteiger partial charge in [-0.05, 0) is 12.0 Å². The number of carboxylic acid groups (broad SMARTS) is 1. The first kappa shape index (κ1) is 12.6. The van der Waals surface area contributed by atoms with Crippen LogP contribution in [-0.2, 0) is 14.3 Å². The fraction of sp³-hybridized carbons (Fsp3) is 0.385. The van der Waals surface area contributed by atoms with Gasteiger partial charge in [-0.15, -0.1) is 0 Å². The van der Waals surface area contributed by atoms with Crippen LogP contribution < -0.4 is 5.32 Å². The summed E-state index contributed by atoms with van der Waals surface area (Å²) >= 11 is 0. The van der Waals surface area contributed by atoms with Gasteiger partial charge in [0, 0.05) is 6.61 Å². The number of hydrogen-bond acceptors (Lipinski definition) is 3. The van der Waals surface area contributed by atoms with E-state index in [2.05, 4.69) is 5.32 Å². The summed E-state index contributed by atoms with van der Waals surface area (Å²) in [5.41, 5.74) is 0.567. The van der Waals surface area contributed by atoms with Crippen molar-refractivity contribution in [3.63, 3.8) is 0 Å². The van der Waals surface area contributed by atoms with Crippen molar-refractivity contribution >= 4 is 11.9 Å². The highest BCUT2D eigenvalue weighted by Crippen LogP contribution is 2.17. The van der Waals surface area contributed by atoms with Gasteiger partial charge in [0.25, 0.3) is 0 Å². The van der Waals surface area contributed by atoms with Crippen LogP contribution in [0.15, 0.2) is 30.3 Å². The van der Waals surface area contributed by atoms with Gasteiger partial charge in [0.1, 0.15) is 0 Å². The van der Waals surface area contributed by atoms with Gasteiger partial charge < -0.3 is 15.2 Å². The zero-order chi connectivity index (χ0) is 13.0. The van der Waals surface area contributed by atoms with Gasteiger partial charge >= 0.3 is 5.97 Å². The third-order valence-corrected chi connectivity index (χ3v) is 2.97. The Hall–Kier alpha value is -1.88. The fourth-order valence-corrected chi connectivity index (χ4v) is 1.93. The summed E-state index contributed by atoms with van der Waals surface area (Å²) in [4.78, 5) is 23.1. The highest BCUT2D eigenvalue weighted by molar-refractivity contribution is 5.86. The molecule has 0 aromatic heterocycles. The largest absolute Gasteiger partial charge is 0.479 e. The molecule has 1 aliphatic rings. The van der Waals surface area contributed by atoms with Crippen LogP contribution in [0.4, 0.5) is 0 Å². The predicted molar refractivity (Wildman–Crippen MR) is 63.9 cm³/mol. The zero-order valence-corrected chi connectivity index (χ0v) is 9.83. The summed E-state index contributed by atoms with van der Waals surface area (Å²) in [6.07, 6.45) is 0.646. The Bertz CT molecular complexity index is 426. The normalized spacial score (nSPS) is 20.3. The number of carbonyl (C=O) groups excluding carboxylic acids is 1. The first-order valence-electron chi connectivity index (χ1n) is 5.84. The number of aliphatic carboxylic acids is 1. The van der Waals surface area contributed by atoms with Gasteiger partial charge in [0.2, 0.25) is 5.91 Å². The van der Waals surface area contributed by atoms with E-state index in [1.54, 1.807) is 30.3 Å². The number of ether oxygens (including phenoxy) is 1. The molecule has 1 heterocycles.